The molecule has 0 fully saturated rings. The van der Waals surface area contributed by atoms with E-state index < -0.39 is 27.9 Å². The molecular weight excluding hydrogens is 418 g/mol. The summed E-state index contributed by atoms with van der Waals surface area (Å²) in [5.41, 5.74) is 1.00. The molecule has 2 N–H and O–H groups in total. The first-order valence-corrected chi connectivity index (χ1v) is 10.6. The van der Waals surface area contributed by atoms with Crippen molar-refractivity contribution in [1.82, 2.24) is 9.62 Å². The Hall–Kier alpha value is -2.76. The second-order valence-corrected chi connectivity index (χ2v) is 9.58. The molecular formula is C18H21N3O6S2. The van der Waals surface area contributed by atoms with Gasteiger partial charge in [0.05, 0.1) is 17.6 Å². The van der Waals surface area contributed by atoms with E-state index in [1.807, 2.05) is 0 Å². The Balaban J connectivity index is 2.29. The van der Waals surface area contributed by atoms with E-state index in [0.717, 1.165) is 16.3 Å². The molecule has 0 atom stereocenters. The first-order valence-electron chi connectivity index (χ1n) is 8.32. The number of nitrogens with one attached hydrogen (secondary N) is 2. The molecule has 0 unspecified atom stereocenters. The smallest absolute Gasteiger partial charge is 0.413 e. The van der Waals surface area contributed by atoms with Crippen LogP contribution in [0.25, 0.3) is 0 Å². The SMILES string of the molecule is COC(=O)NC(=O)c1c(NC(=O)c2ccc(S(=O)(=O)N(C)C)cc2)sc(C)c1C. The van der Waals surface area contributed by atoms with Crippen molar-refractivity contribution in [2.75, 3.05) is 26.5 Å². The number of benzene rings is 1. The monoisotopic (exact) mass is 439 g/mol. The van der Waals surface area contributed by atoms with Crippen molar-refractivity contribution in [3.63, 3.8) is 0 Å². The predicted molar refractivity (Wildman–Crippen MR) is 109 cm³/mol. The van der Waals surface area contributed by atoms with E-state index in [1.165, 1.54) is 49.7 Å². The molecule has 0 radical (unpaired) electrons. The topological polar surface area (TPSA) is 122 Å². The maximum Gasteiger partial charge on any atom is 0.413 e. The quantitative estimate of drug-likeness (QED) is 0.738. The molecule has 2 aromatic rings. The van der Waals surface area contributed by atoms with Crippen molar-refractivity contribution < 1.29 is 27.5 Å². The Bertz CT molecular complexity index is 1060. The first kappa shape index (κ1) is 22.5. The molecule has 0 aliphatic rings. The van der Waals surface area contributed by atoms with Crippen LogP contribution in [-0.2, 0) is 14.8 Å². The van der Waals surface area contributed by atoms with Crippen LogP contribution < -0.4 is 10.6 Å². The van der Waals surface area contributed by atoms with Crippen LogP contribution in [0.15, 0.2) is 29.2 Å². The summed E-state index contributed by atoms with van der Waals surface area (Å²) in [7, 11) is 0.360. The maximum atomic E-state index is 12.6. The minimum absolute atomic E-state index is 0.0556. The molecule has 0 spiro atoms. The first-order chi connectivity index (χ1) is 13.5. The van der Waals surface area contributed by atoms with Gasteiger partial charge in [-0.2, -0.15) is 0 Å². The van der Waals surface area contributed by atoms with Gasteiger partial charge in [0, 0.05) is 24.5 Å². The zero-order valence-electron chi connectivity index (χ0n) is 16.5. The Kier molecular flexibility index (Phi) is 6.77. The number of hydrogen-bond donors (Lipinski definition) is 2. The largest absolute Gasteiger partial charge is 0.453 e. The minimum Gasteiger partial charge on any atom is -0.453 e. The number of imide groups is 1. The Morgan fingerprint density at radius 2 is 1.62 bits per heavy atom. The summed E-state index contributed by atoms with van der Waals surface area (Å²) < 4.78 is 29.7. The summed E-state index contributed by atoms with van der Waals surface area (Å²) in [6.45, 7) is 3.49. The summed E-state index contributed by atoms with van der Waals surface area (Å²) >= 11 is 1.19. The minimum atomic E-state index is -3.61. The van der Waals surface area contributed by atoms with Crippen LogP contribution >= 0.6 is 11.3 Å². The van der Waals surface area contributed by atoms with Crippen LogP contribution in [0.1, 0.15) is 31.2 Å². The number of methoxy groups -OCH3 is 1. The van der Waals surface area contributed by atoms with E-state index in [0.29, 0.717) is 5.56 Å². The summed E-state index contributed by atoms with van der Waals surface area (Å²) in [5, 5.41) is 4.99. The van der Waals surface area contributed by atoms with Gasteiger partial charge in [-0.1, -0.05) is 0 Å². The number of ether oxygens (including phenoxy) is 1. The fraction of sp³-hybridized carbons (Fsp3) is 0.278. The van der Waals surface area contributed by atoms with Crippen LogP contribution in [0.3, 0.4) is 0 Å². The van der Waals surface area contributed by atoms with Gasteiger partial charge in [0.15, 0.2) is 0 Å². The molecule has 0 bridgehead atoms. The molecule has 1 aromatic carbocycles. The number of anilines is 1. The Morgan fingerprint density at radius 1 is 1.03 bits per heavy atom. The number of sulfonamides is 1. The summed E-state index contributed by atoms with van der Waals surface area (Å²) in [6.07, 6.45) is -0.909. The van der Waals surface area contributed by atoms with Crippen molar-refractivity contribution in [2.45, 2.75) is 18.7 Å². The number of hydrogen-bond acceptors (Lipinski definition) is 7. The third-order valence-electron chi connectivity index (χ3n) is 4.14. The lowest BCUT2D eigenvalue weighted by Gasteiger charge is -2.12. The molecule has 0 aliphatic heterocycles. The van der Waals surface area contributed by atoms with Crippen LogP contribution in [0, 0.1) is 13.8 Å². The van der Waals surface area contributed by atoms with Crippen molar-refractivity contribution >= 4 is 44.3 Å². The van der Waals surface area contributed by atoms with Crippen molar-refractivity contribution in [1.29, 1.82) is 0 Å². The maximum absolute atomic E-state index is 12.6. The molecule has 11 heteroatoms. The average molecular weight is 440 g/mol. The number of thiophene rings is 1. The highest BCUT2D eigenvalue weighted by atomic mass is 32.2. The Labute approximate surface area is 172 Å². The third-order valence-corrected chi connectivity index (χ3v) is 7.09. The van der Waals surface area contributed by atoms with Gasteiger partial charge < -0.3 is 10.1 Å². The van der Waals surface area contributed by atoms with Crippen LogP contribution in [-0.4, -0.2) is 51.8 Å². The normalized spacial score (nSPS) is 11.2. The predicted octanol–water partition coefficient (Wildman–Crippen LogP) is 2.36. The molecule has 2 rings (SSSR count). The number of amides is 3. The van der Waals surface area contributed by atoms with Gasteiger partial charge >= 0.3 is 6.09 Å². The summed E-state index contributed by atoms with van der Waals surface area (Å²) in [4.78, 5) is 37.2. The van der Waals surface area contributed by atoms with Gasteiger partial charge in [-0.05, 0) is 43.7 Å². The fourth-order valence-electron chi connectivity index (χ4n) is 2.36. The number of nitrogens with zero attached hydrogens (tertiary/aromatic N) is 1. The number of carbonyl (C=O) groups excluding carboxylic acids is 3. The third kappa shape index (κ3) is 4.81. The van der Waals surface area contributed by atoms with Crippen molar-refractivity contribution in [3.05, 3.63) is 45.8 Å². The highest BCUT2D eigenvalue weighted by Crippen LogP contribution is 2.32. The van der Waals surface area contributed by atoms with E-state index >= 15 is 0 Å². The molecule has 9 nitrogen and oxygen atoms in total. The average Bonchev–Trinajstić information content (AvgIpc) is 2.94. The van der Waals surface area contributed by atoms with Crippen LogP contribution in [0.4, 0.5) is 9.80 Å². The number of aryl methyl sites for hydroxylation is 1. The van der Waals surface area contributed by atoms with Crippen LogP contribution in [0.2, 0.25) is 0 Å². The van der Waals surface area contributed by atoms with E-state index in [1.54, 1.807) is 13.8 Å². The summed E-state index contributed by atoms with van der Waals surface area (Å²) in [6, 6.07) is 5.43. The molecule has 1 heterocycles. The highest BCUT2D eigenvalue weighted by Gasteiger charge is 2.23. The zero-order chi connectivity index (χ0) is 21.9. The van der Waals surface area contributed by atoms with Gasteiger partial charge in [0.2, 0.25) is 10.0 Å². The van der Waals surface area contributed by atoms with E-state index in [-0.39, 0.29) is 21.0 Å². The lowest BCUT2D eigenvalue weighted by atomic mass is 10.1. The molecule has 3 amide bonds. The van der Waals surface area contributed by atoms with E-state index in [4.69, 9.17) is 0 Å². The second kappa shape index (κ2) is 8.72. The fourth-order valence-corrected chi connectivity index (χ4v) is 4.31. The van der Waals surface area contributed by atoms with Gasteiger partial charge in [-0.15, -0.1) is 11.3 Å². The lowest BCUT2D eigenvalue weighted by molar-refractivity contribution is 0.0937. The molecule has 0 saturated heterocycles. The molecule has 0 aliphatic carbocycles. The lowest BCUT2D eigenvalue weighted by Crippen LogP contribution is -2.31. The van der Waals surface area contributed by atoms with Gasteiger partial charge in [-0.3, -0.25) is 14.9 Å². The zero-order valence-corrected chi connectivity index (χ0v) is 18.2. The number of carbonyl (C=O) groups is 3. The van der Waals surface area contributed by atoms with Gasteiger partial charge in [-0.25, -0.2) is 17.5 Å². The summed E-state index contributed by atoms with van der Waals surface area (Å²) in [5.74, 6) is -1.21. The standard InChI is InChI=1S/C18H21N3O6S2/c1-10-11(2)28-17(14(10)16(23)20-18(24)27-5)19-15(22)12-6-8-13(9-7-12)29(25,26)21(3)4/h6-9H,1-5H3,(H,19,22)(H,20,23,24). The second-order valence-electron chi connectivity index (χ2n) is 6.20. The van der Waals surface area contributed by atoms with E-state index in [2.05, 4.69) is 15.4 Å². The van der Waals surface area contributed by atoms with E-state index in [9.17, 15) is 22.8 Å². The van der Waals surface area contributed by atoms with Gasteiger partial charge in [0.25, 0.3) is 11.8 Å². The van der Waals surface area contributed by atoms with Crippen molar-refractivity contribution in [3.8, 4) is 0 Å². The Morgan fingerprint density at radius 3 is 2.14 bits per heavy atom. The molecule has 29 heavy (non-hydrogen) atoms. The number of alkyl carbamates (subject to hydrolysis) is 1. The van der Waals surface area contributed by atoms with Crippen molar-refractivity contribution in [2.24, 2.45) is 0 Å². The molecule has 0 saturated carbocycles. The molecule has 156 valence electrons. The number of rotatable bonds is 5. The van der Waals surface area contributed by atoms with Crippen LogP contribution in [0.5, 0.6) is 0 Å². The molecule has 1 aromatic heterocycles. The van der Waals surface area contributed by atoms with Gasteiger partial charge in [0.1, 0.15) is 5.00 Å². The highest BCUT2D eigenvalue weighted by molar-refractivity contribution is 7.89.